The zero-order valence-electron chi connectivity index (χ0n) is 16.4. The van der Waals surface area contributed by atoms with Gasteiger partial charge in [0.2, 0.25) is 5.91 Å². The second kappa shape index (κ2) is 14.0. The Balaban J connectivity index is 2.52. The molecule has 5 nitrogen and oxygen atoms in total. The van der Waals surface area contributed by atoms with Crippen LogP contribution in [0.15, 0.2) is 52.8 Å². The van der Waals surface area contributed by atoms with Crippen LogP contribution in [0, 0.1) is 0 Å². The molecule has 1 rings (SSSR count). The van der Waals surface area contributed by atoms with Gasteiger partial charge >= 0.3 is 0 Å². The lowest BCUT2D eigenvalue weighted by Gasteiger charge is -2.12. The van der Waals surface area contributed by atoms with Gasteiger partial charge in [0.1, 0.15) is 5.76 Å². The van der Waals surface area contributed by atoms with Gasteiger partial charge in [-0.2, -0.15) is 0 Å². The Hall–Kier alpha value is -2.08. The second-order valence-corrected chi connectivity index (χ2v) is 7.03. The van der Waals surface area contributed by atoms with Crippen molar-refractivity contribution >= 4 is 29.0 Å². The molecule has 0 radical (unpaired) electrons. The van der Waals surface area contributed by atoms with E-state index in [0.29, 0.717) is 13.0 Å². The first kappa shape index (κ1) is 23.0. The number of carbonyl (C=O) groups is 2. The van der Waals surface area contributed by atoms with Gasteiger partial charge in [0.25, 0.3) is 0 Å². The van der Waals surface area contributed by atoms with E-state index in [0.717, 1.165) is 60.1 Å². The summed E-state index contributed by atoms with van der Waals surface area (Å²) in [6.45, 7) is 2.72. The average molecular weight is 391 g/mol. The quantitative estimate of drug-likeness (QED) is 0.404. The zero-order chi connectivity index (χ0) is 19.9. The van der Waals surface area contributed by atoms with Crippen LogP contribution < -0.4 is 5.32 Å². The third-order valence-corrected chi connectivity index (χ3v) is 4.84. The molecular weight excluding hydrogens is 360 g/mol. The molecule has 0 saturated heterocycles. The van der Waals surface area contributed by atoms with Gasteiger partial charge in [-0.25, -0.2) is 0 Å². The van der Waals surface area contributed by atoms with Crippen molar-refractivity contribution in [2.45, 2.75) is 44.3 Å². The van der Waals surface area contributed by atoms with E-state index >= 15 is 0 Å². The van der Waals surface area contributed by atoms with E-state index in [1.54, 1.807) is 14.1 Å². The largest absolute Gasteiger partial charge is 0.494 e. The predicted molar refractivity (Wildman–Crippen MR) is 115 cm³/mol. The fourth-order valence-corrected chi connectivity index (χ4v) is 3.15. The van der Waals surface area contributed by atoms with Crippen molar-refractivity contribution in [1.82, 2.24) is 5.32 Å². The number of nitrogens with zero attached hydrogens (tertiary/aromatic N) is 1. The number of thioether (sulfide) groups is 1. The summed E-state index contributed by atoms with van der Waals surface area (Å²) in [6.07, 6.45) is 16.3. The van der Waals surface area contributed by atoms with Gasteiger partial charge < -0.3 is 10.1 Å². The molecule has 1 aliphatic carbocycles. The van der Waals surface area contributed by atoms with Crippen LogP contribution in [0.4, 0.5) is 0 Å². The van der Waals surface area contributed by atoms with Gasteiger partial charge in [0, 0.05) is 26.2 Å². The molecule has 27 heavy (non-hydrogen) atoms. The van der Waals surface area contributed by atoms with E-state index in [1.165, 1.54) is 0 Å². The number of carbonyl (C=O) groups excluding carboxylic acids is 2. The molecule has 1 atom stereocenters. The van der Waals surface area contributed by atoms with Gasteiger partial charge in [-0.05, 0) is 43.1 Å². The summed E-state index contributed by atoms with van der Waals surface area (Å²) in [5.74, 6) is 0.673. The van der Waals surface area contributed by atoms with Gasteiger partial charge in [-0.1, -0.05) is 43.3 Å². The molecule has 6 heteroatoms. The van der Waals surface area contributed by atoms with Crippen LogP contribution in [0.25, 0.3) is 0 Å². The summed E-state index contributed by atoms with van der Waals surface area (Å²) in [4.78, 5) is 26.9. The molecule has 0 aromatic carbocycles. The van der Waals surface area contributed by atoms with Crippen LogP contribution in [0.2, 0.25) is 0 Å². The molecule has 0 aliphatic heterocycles. The van der Waals surface area contributed by atoms with E-state index < -0.39 is 5.25 Å². The van der Waals surface area contributed by atoms with Crippen molar-refractivity contribution in [2.24, 2.45) is 4.99 Å². The normalized spacial score (nSPS) is 15.7. The molecule has 0 aromatic rings. The van der Waals surface area contributed by atoms with Gasteiger partial charge in [0.15, 0.2) is 5.62 Å². The number of rotatable bonds is 12. The highest BCUT2D eigenvalue weighted by Crippen LogP contribution is 2.21. The van der Waals surface area contributed by atoms with Crippen molar-refractivity contribution < 1.29 is 14.3 Å². The Morgan fingerprint density at radius 3 is 2.89 bits per heavy atom. The van der Waals surface area contributed by atoms with Crippen LogP contribution in [0.3, 0.4) is 0 Å². The first-order valence-corrected chi connectivity index (χ1v) is 10.2. The standard InChI is InChI=1S/C21H30N2O3S/c1-4-5-6-9-18(22-2)13-14-26-19-10-7-8-17(11-12-19)15-20(27-16-24)21(25)23-3/h6,8-12,16,20H,4-5,7,13-15H2,1-3H3,(H,23,25)/b9-6-,22-18+. The third kappa shape index (κ3) is 9.43. The fourth-order valence-electron chi connectivity index (χ4n) is 2.48. The molecule has 0 heterocycles. The van der Waals surface area contributed by atoms with Crippen LogP contribution in [-0.4, -0.2) is 43.2 Å². The molecular formula is C21H30N2O3S. The van der Waals surface area contributed by atoms with Gasteiger partial charge in [0.05, 0.1) is 11.9 Å². The van der Waals surface area contributed by atoms with Crippen molar-refractivity contribution in [1.29, 1.82) is 0 Å². The SMILES string of the molecule is CCC/C=C\C(CCOC1=CCC=C(CC(SC=O)C(=O)NC)C=C1)=N/C. The maximum atomic E-state index is 11.9. The molecule has 0 aromatic heterocycles. The summed E-state index contributed by atoms with van der Waals surface area (Å²) >= 11 is 1.00. The van der Waals surface area contributed by atoms with E-state index in [2.05, 4.69) is 35.5 Å². The molecule has 0 bridgehead atoms. The number of unbranched alkanes of at least 4 members (excludes halogenated alkanes) is 1. The minimum absolute atomic E-state index is 0.141. The second-order valence-electron chi connectivity index (χ2n) is 6.00. The summed E-state index contributed by atoms with van der Waals surface area (Å²) in [6, 6.07) is 0. The fraction of sp³-hybridized carbons (Fsp3) is 0.476. The molecule has 148 valence electrons. The number of nitrogens with one attached hydrogen (secondary N) is 1. The number of hydrogen-bond donors (Lipinski definition) is 1. The molecule has 1 aliphatic rings. The Morgan fingerprint density at radius 2 is 2.22 bits per heavy atom. The van der Waals surface area contributed by atoms with Crippen LogP contribution >= 0.6 is 11.8 Å². The Labute approximate surface area is 166 Å². The lowest BCUT2D eigenvalue weighted by Crippen LogP contribution is -2.29. The molecule has 0 spiro atoms. The third-order valence-electron chi connectivity index (χ3n) is 4.02. The molecule has 1 amide bonds. The van der Waals surface area contributed by atoms with E-state index in [4.69, 9.17) is 4.74 Å². The predicted octanol–water partition coefficient (Wildman–Crippen LogP) is 4.02. The van der Waals surface area contributed by atoms with E-state index in [9.17, 15) is 9.59 Å². The first-order chi connectivity index (χ1) is 13.1. The summed E-state index contributed by atoms with van der Waals surface area (Å²) in [5.41, 5.74) is 2.76. The molecule has 0 saturated carbocycles. The lowest BCUT2D eigenvalue weighted by atomic mass is 10.1. The van der Waals surface area contributed by atoms with Crippen LogP contribution in [-0.2, 0) is 14.3 Å². The summed E-state index contributed by atoms with van der Waals surface area (Å²) in [7, 11) is 3.38. The number of ether oxygens (including phenoxy) is 1. The van der Waals surface area contributed by atoms with E-state index in [1.807, 2.05) is 18.2 Å². The minimum atomic E-state index is -0.413. The average Bonchev–Trinajstić information content (AvgIpc) is 2.91. The Kier molecular flexibility index (Phi) is 11.9. The number of allylic oxidation sites excluding steroid dienone is 7. The minimum Gasteiger partial charge on any atom is -0.494 e. The van der Waals surface area contributed by atoms with Gasteiger partial charge in [-0.3, -0.25) is 14.6 Å². The van der Waals surface area contributed by atoms with Crippen molar-refractivity contribution in [3.8, 4) is 0 Å². The maximum absolute atomic E-state index is 11.9. The molecule has 0 fully saturated rings. The summed E-state index contributed by atoms with van der Waals surface area (Å²) in [5, 5.41) is 2.19. The monoisotopic (exact) mass is 390 g/mol. The zero-order valence-corrected chi connectivity index (χ0v) is 17.3. The number of hydrogen-bond acceptors (Lipinski definition) is 5. The highest BCUT2D eigenvalue weighted by atomic mass is 32.2. The number of aliphatic imine (C=N–C) groups is 1. The maximum Gasteiger partial charge on any atom is 0.233 e. The highest BCUT2D eigenvalue weighted by molar-refractivity contribution is 8.13. The van der Waals surface area contributed by atoms with E-state index in [-0.39, 0.29) is 5.91 Å². The molecule has 1 unspecified atom stereocenters. The molecule has 1 N–H and O–H groups in total. The summed E-state index contributed by atoms with van der Waals surface area (Å²) < 4.78 is 5.86. The smallest absolute Gasteiger partial charge is 0.233 e. The number of amides is 1. The van der Waals surface area contributed by atoms with Gasteiger partial charge in [-0.15, -0.1) is 0 Å². The van der Waals surface area contributed by atoms with Crippen molar-refractivity contribution in [2.75, 3.05) is 20.7 Å². The lowest BCUT2D eigenvalue weighted by molar-refractivity contribution is -0.120. The Morgan fingerprint density at radius 1 is 1.41 bits per heavy atom. The highest BCUT2D eigenvalue weighted by Gasteiger charge is 2.18. The topological polar surface area (TPSA) is 67.8 Å². The van der Waals surface area contributed by atoms with Crippen molar-refractivity contribution in [3.05, 3.63) is 47.8 Å². The van der Waals surface area contributed by atoms with Crippen molar-refractivity contribution in [3.63, 3.8) is 0 Å². The van der Waals surface area contributed by atoms with Crippen LogP contribution in [0.1, 0.15) is 39.0 Å². The first-order valence-electron chi connectivity index (χ1n) is 9.27. The van der Waals surface area contributed by atoms with Crippen LogP contribution in [0.5, 0.6) is 0 Å². The Bertz CT molecular complexity index is 633.